The van der Waals surface area contributed by atoms with Gasteiger partial charge in [-0.05, 0) is 37.5 Å². The molecule has 0 saturated carbocycles. The van der Waals surface area contributed by atoms with Crippen molar-refractivity contribution < 1.29 is 80.2 Å². The first kappa shape index (κ1) is 84.1. The average Bonchev–Trinajstić information content (AvgIpc) is 3.54. The molecule has 0 spiro atoms. The van der Waals surface area contributed by atoms with Crippen LogP contribution < -0.4 is 0 Å². The maximum atomic E-state index is 13.0. The molecule has 86 heavy (non-hydrogen) atoms. The number of aliphatic hydroxyl groups excluding tert-OH is 1. The fourth-order valence-corrected chi connectivity index (χ4v) is 11.6. The molecule has 0 saturated heterocycles. The summed E-state index contributed by atoms with van der Waals surface area (Å²) < 4.78 is 68.1. The molecule has 0 aromatic carbocycles. The van der Waals surface area contributed by atoms with E-state index in [1.54, 1.807) is 0 Å². The van der Waals surface area contributed by atoms with Gasteiger partial charge in [-0.3, -0.25) is 37.3 Å². The van der Waals surface area contributed by atoms with Crippen LogP contribution in [0.5, 0.6) is 0 Å². The highest BCUT2D eigenvalue weighted by molar-refractivity contribution is 7.47. The molecule has 0 rings (SSSR count). The lowest BCUT2D eigenvalue weighted by Crippen LogP contribution is -2.30. The van der Waals surface area contributed by atoms with Crippen LogP contribution in [0.2, 0.25) is 0 Å². The van der Waals surface area contributed by atoms with Crippen LogP contribution in [0.4, 0.5) is 0 Å². The summed E-state index contributed by atoms with van der Waals surface area (Å²) in [5.74, 6) is -0.632. The third kappa shape index (κ3) is 60.9. The van der Waals surface area contributed by atoms with E-state index in [1.165, 1.54) is 154 Å². The monoisotopic (exact) mass is 1270 g/mol. The maximum Gasteiger partial charge on any atom is 0.472 e. The summed E-state index contributed by atoms with van der Waals surface area (Å²) in [5, 5.41) is 10.6. The highest BCUT2D eigenvalue weighted by Crippen LogP contribution is 2.45. The SMILES string of the molecule is CCCCCCCCCCCCCC(=O)O[C@H](COC(=O)CCCCCCCCCCCC)COP(=O)(O)OC[C@H](O)COP(=O)(O)OC[C@@H](COC(=O)CCCCCCCCCCCC(C)C)OC(=O)CCCCCCCCCCCCC(C)C. The van der Waals surface area contributed by atoms with Crippen molar-refractivity contribution in [3.63, 3.8) is 0 Å². The number of unbranched alkanes of at least 4 members (excludes halogenated alkanes) is 36. The normalized spacial score (nSPS) is 14.2. The van der Waals surface area contributed by atoms with Crippen LogP contribution in [-0.4, -0.2) is 96.7 Å². The number of ether oxygens (including phenoxy) is 4. The second-order valence-electron chi connectivity index (χ2n) is 25.2. The summed E-state index contributed by atoms with van der Waals surface area (Å²) in [6, 6.07) is 0. The van der Waals surface area contributed by atoms with Crippen molar-refractivity contribution >= 4 is 39.5 Å². The standard InChI is InChI=1S/C67H130O17P2/c1-7-9-11-13-15-17-19-26-33-39-45-51-66(71)83-62(55-77-64(69)49-43-37-31-25-18-16-14-12-10-8-2)57-81-85(73,74)79-53-61(68)54-80-86(75,76)82-58-63(56-78-65(70)50-44-38-32-28-22-24-30-36-42-48-60(5)6)84-67(72)52-46-40-34-27-21-20-23-29-35-41-47-59(3)4/h59-63,68H,7-58H2,1-6H3,(H,73,74)(H,75,76)/t61-,62+,63+/m0/s1. The van der Waals surface area contributed by atoms with E-state index in [9.17, 15) is 43.2 Å². The van der Waals surface area contributed by atoms with Gasteiger partial charge in [0.05, 0.1) is 26.4 Å². The summed E-state index contributed by atoms with van der Waals surface area (Å²) in [6.45, 7) is 9.48. The Morgan fingerprint density at radius 2 is 0.535 bits per heavy atom. The number of hydrogen-bond donors (Lipinski definition) is 3. The Kier molecular flexibility index (Phi) is 58.0. The lowest BCUT2D eigenvalue weighted by molar-refractivity contribution is -0.161. The molecule has 0 heterocycles. The van der Waals surface area contributed by atoms with Gasteiger partial charge in [-0.15, -0.1) is 0 Å². The van der Waals surface area contributed by atoms with Gasteiger partial charge >= 0.3 is 39.5 Å². The van der Waals surface area contributed by atoms with E-state index in [4.69, 9.17) is 37.0 Å². The third-order valence-electron chi connectivity index (χ3n) is 15.5. The van der Waals surface area contributed by atoms with E-state index in [2.05, 4.69) is 41.5 Å². The van der Waals surface area contributed by atoms with Crippen molar-refractivity contribution in [2.45, 2.75) is 355 Å². The smallest absolute Gasteiger partial charge is 0.462 e. The van der Waals surface area contributed by atoms with Gasteiger partial charge in [-0.25, -0.2) is 9.13 Å². The Labute approximate surface area is 524 Å². The number of aliphatic hydroxyl groups is 1. The lowest BCUT2D eigenvalue weighted by Gasteiger charge is -2.21. The Balaban J connectivity index is 5.25. The largest absolute Gasteiger partial charge is 0.472 e. The number of carbonyl (C=O) groups excluding carboxylic acids is 4. The first-order chi connectivity index (χ1) is 41.4. The van der Waals surface area contributed by atoms with Gasteiger partial charge in [0, 0.05) is 25.7 Å². The minimum atomic E-state index is -4.95. The molecule has 0 aliphatic heterocycles. The molecule has 0 aliphatic carbocycles. The quantitative estimate of drug-likeness (QED) is 0.0222. The van der Waals surface area contributed by atoms with Gasteiger partial charge < -0.3 is 33.8 Å². The molecule has 2 unspecified atom stereocenters. The van der Waals surface area contributed by atoms with Crippen molar-refractivity contribution in [3.8, 4) is 0 Å². The average molecular weight is 1270 g/mol. The van der Waals surface area contributed by atoms with E-state index in [0.717, 1.165) is 102 Å². The van der Waals surface area contributed by atoms with Gasteiger partial charge in [0.15, 0.2) is 12.2 Å². The number of rotatable bonds is 66. The summed E-state index contributed by atoms with van der Waals surface area (Å²) >= 11 is 0. The first-order valence-electron chi connectivity index (χ1n) is 35.0. The minimum Gasteiger partial charge on any atom is -0.462 e. The molecule has 0 amide bonds. The number of phosphoric ester groups is 2. The minimum absolute atomic E-state index is 0.106. The molecule has 510 valence electrons. The summed E-state index contributed by atoms with van der Waals surface area (Å²) in [6.07, 6.45) is 42.9. The van der Waals surface area contributed by atoms with E-state index in [-0.39, 0.29) is 25.7 Å². The lowest BCUT2D eigenvalue weighted by atomic mass is 10.0. The number of carbonyl (C=O) groups is 4. The van der Waals surface area contributed by atoms with Crippen molar-refractivity contribution in [2.24, 2.45) is 11.8 Å². The molecule has 0 radical (unpaired) electrons. The number of phosphoric acid groups is 2. The fraction of sp³-hybridized carbons (Fsp3) is 0.940. The van der Waals surface area contributed by atoms with E-state index in [1.807, 2.05) is 0 Å². The number of esters is 4. The van der Waals surface area contributed by atoms with E-state index in [0.29, 0.717) is 25.7 Å². The molecule has 19 heteroatoms. The van der Waals surface area contributed by atoms with Gasteiger partial charge in [0.2, 0.25) is 0 Å². The Hall–Kier alpha value is -1.94. The van der Waals surface area contributed by atoms with Crippen LogP contribution in [-0.2, 0) is 65.4 Å². The second kappa shape index (κ2) is 59.4. The summed E-state index contributed by atoms with van der Waals surface area (Å²) in [5.41, 5.74) is 0. The molecule has 5 atom stereocenters. The fourth-order valence-electron chi connectivity index (χ4n) is 10.1. The summed E-state index contributed by atoms with van der Waals surface area (Å²) in [4.78, 5) is 72.4. The van der Waals surface area contributed by atoms with Crippen LogP contribution in [0.1, 0.15) is 337 Å². The van der Waals surface area contributed by atoms with Crippen LogP contribution in [0, 0.1) is 11.8 Å². The molecule has 0 fully saturated rings. The van der Waals surface area contributed by atoms with Crippen LogP contribution in [0.25, 0.3) is 0 Å². The van der Waals surface area contributed by atoms with Crippen molar-refractivity contribution in [1.82, 2.24) is 0 Å². The molecule has 3 N–H and O–H groups in total. The summed E-state index contributed by atoms with van der Waals surface area (Å²) in [7, 11) is -9.89. The highest BCUT2D eigenvalue weighted by Gasteiger charge is 2.30. The zero-order chi connectivity index (χ0) is 63.6. The predicted molar refractivity (Wildman–Crippen MR) is 345 cm³/mol. The van der Waals surface area contributed by atoms with Gasteiger partial charge in [0.1, 0.15) is 19.3 Å². The van der Waals surface area contributed by atoms with Crippen molar-refractivity contribution in [1.29, 1.82) is 0 Å². The Bertz CT molecular complexity index is 1680. The van der Waals surface area contributed by atoms with Gasteiger partial charge in [0.25, 0.3) is 0 Å². The molecular formula is C67H130O17P2. The molecule has 17 nitrogen and oxygen atoms in total. The molecule has 0 bridgehead atoms. The molecule has 0 aliphatic rings. The third-order valence-corrected chi connectivity index (χ3v) is 17.4. The van der Waals surface area contributed by atoms with Crippen molar-refractivity contribution in [3.05, 3.63) is 0 Å². The Morgan fingerprint density at radius 3 is 0.791 bits per heavy atom. The van der Waals surface area contributed by atoms with Gasteiger partial charge in [-0.1, -0.05) is 286 Å². The van der Waals surface area contributed by atoms with E-state index >= 15 is 0 Å². The van der Waals surface area contributed by atoms with Crippen LogP contribution in [0.3, 0.4) is 0 Å². The molecule has 0 aromatic heterocycles. The van der Waals surface area contributed by atoms with Crippen LogP contribution in [0.15, 0.2) is 0 Å². The topological polar surface area (TPSA) is 237 Å². The molecule has 0 aromatic rings. The maximum absolute atomic E-state index is 13.0. The zero-order valence-corrected chi connectivity index (χ0v) is 57.4. The molecular weight excluding hydrogens is 1140 g/mol. The van der Waals surface area contributed by atoms with Gasteiger partial charge in [-0.2, -0.15) is 0 Å². The van der Waals surface area contributed by atoms with Crippen molar-refractivity contribution in [2.75, 3.05) is 39.6 Å². The van der Waals surface area contributed by atoms with E-state index < -0.39 is 97.5 Å². The first-order valence-corrected chi connectivity index (χ1v) is 38.0. The zero-order valence-electron chi connectivity index (χ0n) is 55.6. The second-order valence-corrected chi connectivity index (χ2v) is 28.1. The predicted octanol–water partition coefficient (Wildman–Crippen LogP) is 18.8. The Morgan fingerprint density at radius 1 is 0.314 bits per heavy atom. The highest BCUT2D eigenvalue weighted by atomic mass is 31.2. The van der Waals surface area contributed by atoms with Crippen LogP contribution >= 0.6 is 15.6 Å². The number of hydrogen-bond acceptors (Lipinski definition) is 15.